The fourth-order valence-electron chi connectivity index (χ4n) is 3.50. The number of hydrogen-bond acceptors (Lipinski definition) is 5. The third-order valence-corrected chi connectivity index (χ3v) is 5.54. The maximum absolute atomic E-state index is 12.7. The van der Waals surface area contributed by atoms with Crippen molar-refractivity contribution in [3.05, 3.63) is 71.5 Å². The molecule has 190 valence electrons. The molecule has 1 unspecified atom stereocenters. The maximum atomic E-state index is 12.7. The molecule has 2 aromatic rings. The summed E-state index contributed by atoms with van der Waals surface area (Å²) in [5.41, 5.74) is 3.53. The van der Waals surface area contributed by atoms with E-state index in [0.717, 1.165) is 18.1 Å². The Kier molecular flexibility index (Phi) is 9.50. The Bertz CT molecular complexity index is 1080. The molecule has 2 rings (SSSR count). The summed E-state index contributed by atoms with van der Waals surface area (Å²) in [5, 5.41) is 21.9. The van der Waals surface area contributed by atoms with Crippen LogP contribution in [0.4, 0.5) is 18.9 Å². The zero-order chi connectivity index (χ0) is 26.3. The SMILES string of the molecule is C=CC(=O)N(C)Cc1cc(-c2ccc(NC(F)(F)F)cc2)c(C)c(O/C=C(\C)CC)c1C(O)CO. The Hall–Kier alpha value is -3.30. The van der Waals surface area contributed by atoms with E-state index < -0.39 is 19.0 Å². The molecule has 0 saturated carbocycles. The molecule has 1 atom stereocenters. The number of ether oxygens (including phenoxy) is 1. The highest BCUT2D eigenvalue weighted by Gasteiger charge is 2.27. The Labute approximate surface area is 203 Å². The second kappa shape index (κ2) is 11.9. The van der Waals surface area contributed by atoms with E-state index in [0.29, 0.717) is 33.6 Å². The molecule has 0 fully saturated rings. The summed E-state index contributed by atoms with van der Waals surface area (Å²) in [4.78, 5) is 13.5. The van der Waals surface area contributed by atoms with Gasteiger partial charge in [-0.1, -0.05) is 25.6 Å². The van der Waals surface area contributed by atoms with Gasteiger partial charge in [-0.15, -0.1) is 0 Å². The summed E-state index contributed by atoms with van der Waals surface area (Å²) in [6.45, 7) is 8.59. The number of rotatable bonds is 10. The van der Waals surface area contributed by atoms with Crippen LogP contribution in [0, 0.1) is 6.92 Å². The lowest BCUT2D eigenvalue weighted by Crippen LogP contribution is -2.25. The number of nitrogens with one attached hydrogen (secondary N) is 1. The predicted molar refractivity (Wildman–Crippen MR) is 130 cm³/mol. The Morgan fingerprint density at radius 1 is 1.29 bits per heavy atom. The number of amides is 1. The third-order valence-electron chi connectivity index (χ3n) is 5.54. The van der Waals surface area contributed by atoms with E-state index in [1.807, 2.05) is 13.8 Å². The molecule has 3 N–H and O–H groups in total. The zero-order valence-corrected chi connectivity index (χ0v) is 20.2. The van der Waals surface area contributed by atoms with Gasteiger partial charge in [0.25, 0.3) is 0 Å². The van der Waals surface area contributed by atoms with E-state index in [1.165, 1.54) is 34.5 Å². The summed E-state index contributed by atoms with van der Waals surface area (Å²) in [6.07, 6.45) is -2.39. The highest BCUT2D eigenvalue weighted by molar-refractivity contribution is 5.86. The molecule has 0 spiro atoms. The lowest BCUT2D eigenvalue weighted by atomic mass is 9.90. The van der Waals surface area contributed by atoms with Crippen LogP contribution in [-0.2, 0) is 11.3 Å². The number of likely N-dealkylation sites (N-methyl/N-ethyl adjacent to an activating group) is 1. The highest BCUT2D eigenvalue weighted by atomic mass is 19.4. The zero-order valence-electron chi connectivity index (χ0n) is 20.2. The standard InChI is InChI=1S/C26H31F3N2O4/c1-6-16(3)15-35-25-17(4)21(18-8-10-20(11-9-18)30-26(27,28)29)12-19(24(25)22(33)14-32)13-31(5)23(34)7-2/h7-12,15,22,30,32-33H,2,6,13-14H2,1,3-5H3/b16-15+. The molecule has 0 saturated heterocycles. The van der Waals surface area contributed by atoms with Gasteiger partial charge in [0.1, 0.15) is 11.9 Å². The minimum absolute atomic E-state index is 0.0745. The van der Waals surface area contributed by atoms with E-state index in [1.54, 1.807) is 26.3 Å². The normalized spacial score (nSPS) is 12.8. The minimum atomic E-state index is -4.56. The highest BCUT2D eigenvalue weighted by Crippen LogP contribution is 2.40. The summed E-state index contributed by atoms with van der Waals surface area (Å²) < 4.78 is 44.0. The van der Waals surface area contributed by atoms with Gasteiger partial charge in [-0.25, -0.2) is 0 Å². The van der Waals surface area contributed by atoms with Gasteiger partial charge in [0.05, 0.1) is 12.9 Å². The van der Waals surface area contributed by atoms with Gasteiger partial charge in [-0.2, -0.15) is 13.2 Å². The number of nitrogens with zero attached hydrogens (tertiary/aromatic N) is 1. The number of benzene rings is 2. The molecule has 2 aromatic carbocycles. The first-order valence-electron chi connectivity index (χ1n) is 11.0. The topological polar surface area (TPSA) is 82.0 Å². The number of allylic oxidation sites excluding steroid dienone is 1. The first-order chi connectivity index (χ1) is 16.4. The van der Waals surface area contributed by atoms with Crippen LogP contribution in [0.3, 0.4) is 0 Å². The molecular formula is C26H31F3N2O4. The lowest BCUT2D eigenvalue weighted by Gasteiger charge is -2.25. The molecule has 0 aliphatic heterocycles. The largest absolute Gasteiger partial charge is 0.482 e. The molecule has 0 aliphatic rings. The Balaban J connectivity index is 2.72. The number of halogens is 3. The first kappa shape index (κ1) is 27.9. The predicted octanol–water partition coefficient (Wildman–Crippen LogP) is 5.46. The van der Waals surface area contributed by atoms with Crippen molar-refractivity contribution in [2.75, 3.05) is 19.0 Å². The van der Waals surface area contributed by atoms with Crippen LogP contribution in [-0.4, -0.2) is 41.0 Å². The van der Waals surface area contributed by atoms with Crippen LogP contribution >= 0.6 is 0 Å². The number of aliphatic hydroxyl groups is 2. The average molecular weight is 493 g/mol. The van der Waals surface area contributed by atoms with E-state index in [2.05, 4.69) is 6.58 Å². The molecule has 0 heterocycles. The van der Waals surface area contributed by atoms with Crippen LogP contribution in [0.1, 0.15) is 43.1 Å². The molecule has 0 bridgehead atoms. The van der Waals surface area contributed by atoms with Crippen LogP contribution < -0.4 is 10.1 Å². The monoisotopic (exact) mass is 492 g/mol. The number of hydrogen-bond donors (Lipinski definition) is 3. The Morgan fingerprint density at radius 2 is 1.91 bits per heavy atom. The lowest BCUT2D eigenvalue weighted by molar-refractivity contribution is -0.125. The number of alkyl halides is 3. The van der Waals surface area contributed by atoms with Crippen molar-refractivity contribution in [3.8, 4) is 16.9 Å². The van der Waals surface area contributed by atoms with E-state index in [9.17, 15) is 28.2 Å². The van der Waals surface area contributed by atoms with Crippen LogP contribution in [0.5, 0.6) is 5.75 Å². The molecule has 35 heavy (non-hydrogen) atoms. The maximum Gasteiger partial charge on any atom is 0.482 e. The second-order valence-electron chi connectivity index (χ2n) is 8.18. The average Bonchev–Trinajstić information content (AvgIpc) is 2.82. The Morgan fingerprint density at radius 3 is 2.43 bits per heavy atom. The number of carbonyl (C=O) groups is 1. The van der Waals surface area contributed by atoms with Gasteiger partial charge < -0.3 is 19.8 Å². The molecule has 6 nitrogen and oxygen atoms in total. The van der Waals surface area contributed by atoms with Crippen molar-refractivity contribution in [2.45, 2.75) is 46.1 Å². The van der Waals surface area contributed by atoms with E-state index in [4.69, 9.17) is 4.74 Å². The fraction of sp³-hybridized carbons (Fsp3) is 0.346. The van der Waals surface area contributed by atoms with Gasteiger partial charge in [0.2, 0.25) is 5.91 Å². The first-order valence-corrected chi connectivity index (χ1v) is 11.0. The quantitative estimate of drug-likeness (QED) is 0.233. The number of anilines is 1. The molecule has 1 amide bonds. The molecule has 0 aliphatic carbocycles. The summed E-state index contributed by atoms with van der Waals surface area (Å²) in [6, 6.07) is 7.45. The van der Waals surface area contributed by atoms with Crippen LogP contribution in [0.25, 0.3) is 11.1 Å². The van der Waals surface area contributed by atoms with Crippen molar-refractivity contribution in [3.63, 3.8) is 0 Å². The fourth-order valence-corrected chi connectivity index (χ4v) is 3.50. The molecular weight excluding hydrogens is 461 g/mol. The number of aliphatic hydroxyl groups excluding tert-OH is 2. The van der Waals surface area contributed by atoms with Crippen LogP contribution in [0.15, 0.2) is 54.8 Å². The van der Waals surface area contributed by atoms with Crippen molar-refractivity contribution in [1.29, 1.82) is 0 Å². The molecule has 0 aromatic heterocycles. The van der Waals surface area contributed by atoms with Gasteiger partial charge in [0.15, 0.2) is 0 Å². The van der Waals surface area contributed by atoms with Crippen LogP contribution in [0.2, 0.25) is 0 Å². The van der Waals surface area contributed by atoms with Gasteiger partial charge in [-0.3, -0.25) is 10.1 Å². The number of carbonyl (C=O) groups excluding carboxylic acids is 1. The smallest absolute Gasteiger partial charge is 0.464 e. The summed E-state index contributed by atoms with van der Waals surface area (Å²) in [5.74, 6) is -0.0351. The van der Waals surface area contributed by atoms with Crippen molar-refractivity contribution >= 4 is 11.6 Å². The van der Waals surface area contributed by atoms with Gasteiger partial charge >= 0.3 is 6.30 Å². The molecule has 9 heteroatoms. The van der Waals surface area contributed by atoms with E-state index >= 15 is 0 Å². The van der Waals surface area contributed by atoms with Gasteiger partial charge in [-0.05, 0) is 72.4 Å². The van der Waals surface area contributed by atoms with Crippen molar-refractivity contribution in [1.82, 2.24) is 4.90 Å². The van der Waals surface area contributed by atoms with Crippen molar-refractivity contribution < 1.29 is 32.9 Å². The molecule has 0 radical (unpaired) electrons. The summed E-state index contributed by atoms with van der Waals surface area (Å²) in [7, 11) is 1.57. The van der Waals surface area contributed by atoms with Crippen molar-refractivity contribution in [2.24, 2.45) is 0 Å². The minimum Gasteiger partial charge on any atom is -0.464 e. The third kappa shape index (κ3) is 7.34. The summed E-state index contributed by atoms with van der Waals surface area (Å²) >= 11 is 0. The van der Waals surface area contributed by atoms with Gasteiger partial charge in [0, 0.05) is 24.8 Å². The second-order valence-corrected chi connectivity index (χ2v) is 8.18. The van der Waals surface area contributed by atoms with E-state index in [-0.39, 0.29) is 18.1 Å².